The normalized spacial score (nSPS) is 20.7. The standard InChI is InChI=1S/C14H18BrF2NO/c1-2-18-12(13-4-3-7-19-13)8-9-11(16)6-5-10(15)14(9)17/h5-6,12-13,18H,2-4,7-8H2,1H3. The highest BCUT2D eigenvalue weighted by molar-refractivity contribution is 9.10. The lowest BCUT2D eigenvalue weighted by Crippen LogP contribution is -2.41. The summed E-state index contributed by atoms with van der Waals surface area (Å²) in [5, 5.41) is 3.27. The fraction of sp³-hybridized carbons (Fsp3) is 0.571. The molecule has 19 heavy (non-hydrogen) atoms. The largest absolute Gasteiger partial charge is 0.377 e. The van der Waals surface area contributed by atoms with Crippen molar-refractivity contribution in [3.8, 4) is 0 Å². The van der Waals surface area contributed by atoms with Crippen LogP contribution < -0.4 is 5.32 Å². The summed E-state index contributed by atoms with van der Waals surface area (Å²) in [6.45, 7) is 3.47. The summed E-state index contributed by atoms with van der Waals surface area (Å²) >= 11 is 3.10. The molecule has 0 amide bonds. The fourth-order valence-electron chi connectivity index (χ4n) is 2.49. The molecule has 1 fully saturated rings. The zero-order valence-electron chi connectivity index (χ0n) is 10.9. The Balaban J connectivity index is 2.18. The van der Waals surface area contributed by atoms with Crippen molar-refractivity contribution in [2.45, 2.75) is 38.3 Å². The van der Waals surface area contributed by atoms with E-state index in [2.05, 4.69) is 21.2 Å². The number of ether oxygens (including phenoxy) is 1. The quantitative estimate of drug-likeness (QED) is 0.833. The van der Waals surface area contributed by atoms with Crippen molar-refractivity contribution in [2.75, 3.05) is 13.2 Å². The van der Waals surface area contributed by atoms with Crippen LogP contribution in [-0.2, 0) is 11.2 Å². The van der Waals surface area contributed by atoms with Crippen LogP contribution in [0, 0.1) is 11.6 Å². The molecule has 0 radical (unpaired) electrons. The third kappa shape index (κ3) is 3.52. The molecule has 0 aliphatic carbocycles. The molecule has 2 rings (SSSR count). The van der Waals surface area contributed by atoms with Crippen LogP contribution in [0.4, 0.5) is 8.78 Å². The Kier molecular flexibility index (Phi) is 5.30. The van der Waals surface area contributed by atoms with Gasteiger partial charge in [0.1, 0.15) is 11.6 Å². The van der Waals surface area contributed by atoms with Crippen molar-refractivity contribution in [3.05, 3.63) is 33.8 Å². The second-order valence-electron chi connectivity index (χ2n) is 4.74. The van der Waals surface area contributed by atoms with E-state index in [-0.39, 0.29) is 17.7 Å². The molecular formula is C14H18BrF2NO. The van der Waals surface area contributed by atoms with Gasteiger partial charge in [-0.1, -0.05) is 6.92 Å². The highest BCUT2D eigenvalue weighted by Crippen LogP contribution is 2.25. The Bertz CT molecular complexity index is 436. The number of hydrogen-bond donors (Lipinski definition) is 1. The van der Waals surface area contributed by atoms with Gasteiger partial charge in [-0.2, -0.15) is 0 Å². The Morgan fingerprint density at radius 2 is 2.26 bits per heavy atom. The molecule has 2 atom stereocenters. The number of likely N-dealkylation sites (N-methyl/N-ethyl adjacent to an activating group) is 1. The second kappa shape index (κ2) is 6.77. The van der Waals surface area contributed by atoms with Crippen LogP contribution in [0.15, 0.2) is 16.6 Å². The van der Waals surface area contributed by atoms with Crippen LogP contribution in [-0.4, -0.2) is 25.3 Å². The molecule has 0 spiro atoms. The first-order valence-corrected chi connectivity index (χ1v) is 7.40. The predicted octanol–water partition coefficient (Wildman–Crippen LogP) is 3.43. The molecule has 1 heterocycles. The highest BCUT2D eigenvalue weighted by atomic mass is 79.9. The van der Waals surface area contributed by atoms with E-state index in [1.54, 1.807) is 0 Å². The predicted molar refractivity (Wildman–Crippen MR) is 74.2 cm³/mol. The monoisotopic (exact) mass is 333 g/mol. The number of nitrogens with one attached hydrogen (secondary N) is 1. The van der Waals surface area contributed by atoms with Gasteiger partial charge in [0.15, 0.2) is 0 Å². The maximum Gasteiger partial charge on any atom is 0.143 e. The lowest BCUT2D eigenvalue weighted by atomic mass is 9.98. The Hall–Kier alpha value is -0.520. The summed E-state index contributed by atoms with van der Waals surface area (Å²) in [7, 11) is 0. The van der Waals surface area contributed by atoms with Gasteiger partial charge in [-0.05, 0) is 53.9 Å². The first-order valence-electron chi connectivity index (χ1n) is 6.60. The molecular weight excluding hydrogens is 316 g/mol. The Morgan fingerprint density at radius 3 is 2.89 bits per heavy atom. The van der Waals surface area contributed by atoms with Gasteiger partial charge in [0.25, 0.3) is 0 Å². The lowest BCUT2D eigenvalue weighted by Gasteiger charge is -2.24. The van der Waals surface area contributed by atoms with Gasteiger partial charge in [0.2, 0.25) is 0 Å². The Morgan fingerprint density at radius 1 is 1.47 bits per heavy atom. The third-order valence-electron chi connectivity index (χ3n) is 3.44. The lowest BCUT2D eigenvalue weighted by molar-refractivity contribution is 0.0784. The summed E-state index contributed by atoms with van der Waals surface area (Å²) in [5.74, 6) is -1.01. The van der Waals surface area contributed by atoms with Crippen LogP contribution in [0.2, 0.25) is 0 Å². The maximum absolute atomic E-state index is 14.0. The fourth-order valence-corrected chi connectivity index (χ4v) is 2.86. The first-order chi connectivity index (χ1) is 9.13. The van der Waals surface area contributed by atoms with Crippen LogP contribution in [0.5, 0.6) is 0 Å². The van der Waals surface area contributed by atoms with E-state index in [9.17, 15) is 8.78 Å². The van der Waals surface area contributed by atoms with Crippen molar-refractivity contribution in [3.63, 3.8) is 0 Å². The summed E-state index contributed by atoms with van der Waals surface area (Å²) in [6, 6.07) is 2.63. The van der Waals surface area contributed by atoms with Crippen LogP contribution in [0.1, 0.15) is 25.3 Å². The SMILES string of the molecule is CCNC(Cc1c(F)ccc(Br)c1F)C1CCCO1. The molecule has 1 aromatic rings. The first kappa shape index (κ1) is 14.9. The minimum atomic E-state index is -0.513. The molecule has 0 aromatic heterocycles. The van der Waals surface area contributed by atoms with E-state index < -0.39 is 11.6 Å². The molecule has 1 saturated heterocycles. The maximum atomic E-state index is 14.0. The molecule has 0 saturated carbocycles. The average Bonchev–Trinajstić information content (AvgIpc) is 2.92. The molecule has 2 nitrogen and oxygen atoms in total. The Labute approximate surface area is 120 Å². The molecule has 1 N–H and O–H groups in total. The smallest absolute Gasteiger partial charge is 0.143 e. The summed E-state index contributed by atoms with van der Waals surface area (Å²) in [4.78, 5) is 0. The minimum absolute atomic E-state index is 0.0396. The van der Waals surface area contributed by atoms with Crippen LogP contribution in [0.25, 0.3) is 0 Å². The van der Waals surface area contributed by atoms with E-state index in [0.29, 0.717) is 10.9 Å². The van der Waals surface area contributed by atoms with Gasteiger partial charge < -0.3 is 10.1 Å². The summed E-state index contributed by atoms with van der Waals surface area (Å²) in [6.07, 6.45) is 2.29. The number of benzene rings is 1. The van der Waals surface area contributed by atoms with Crippen molar-refractivity contribution < 1.29 is 13.5 Å². The molecule has 1 aliphatic rings. The number of rotatable bonds is 5. The van der Waals surface area contributed by atoms with Gasteiger partial charge in [-0.15, -0.1) is 0 Å². The van der Waals surface area contributed by atoms with Gasteiger partial charge in [0, 0.05) is 18.2 Å². The minimum Gasteiger partial charge on any atom is -0.377 e. The van der Waals surface area contributed by atoms with Crippen molar-refractivity contribution in [2.24, 2.45) is 0 Å². The average molecular weight is 334 g/mol. The summed E-state index contributed by atoms with van der Waals surface area (Å²) < 4.78 is 33.7. The van der Waals surface area contributed by atoms with Crippen molar-refractivity contribution in [1.29, 1.82) is 0 Å². The molecule has 5 heteroatoms. The van der Waals surface area contributed by atoms with E-state index >= 15 is 0 Å². The van der Waals surface area contributed by atoms with Gasteiger partial charge in [-0.25, -0.2) is 8.78 Å². The van der Waals surface area contributed by atoms with Crippen molar-refractivity contribution in [1.82, 2.24) is 5.32 Å². The van der Waals surface area contributed by atoms with Gasteiger partial charge >= 0.3 is 0 Å². The third-order valence-corrected chi connectivity index (χ3v) is 4.06. The molecule has 0 bridgehead atoms. The second-order valence-corrected chi connectivity index (χ2v) is 5.60. The highest BCUT2D eigenvalue weighted by Gasteiger charge is 2.27. The van der Waals surface area contributed by atoms with E-state index in [1.165, 1.54) is 12.1 Å². The molecule has 2 unspecified atom stereocenters. The van der Waals surface area contributed by atoms with E-state index in [1.807, 2.05) is 6.92 Å². The molecule has 1 aromatic carbocycles. The zero-order chi connectivity index (χ0) is 13.8. The van der Waals surface area contributed by atoms with E-state index in [4.69, 9.17) is 4.74 Å². The summed E-state index contributed by atoms with van der Waals surface area (Å²) in [5.41, 5.74) is 0.121. The van der Waals surface area contributed by atoms with E-state index in [0.717, 1.165) is 26.0 Å². The van der Waals surface area contributed by atoms with Crippen molar-refractivity contribution >= 4 is 15.9 Å². The van der Waals surface area contributed by atoms with Crippen LogP contribution in [0.3, 0.4) is 0 Å². The molecule has 1 aliphatic heterocycles. The molecule has 106 valence electrons. The van der Waals surface area contributed by atoms with Gasteiger partial charge in [-0.3, -0.25) is 0 Å². The topological polar surface area (TPSA) is 21.3 Å². The number of hydrogen-bond acceptors (Lipinski definition) is 2. The van der Waals surface area contributed by atoms with Crippen LogP contribution >= 0.6 is 15.9 Å². The number of halogens is 3. The zero-order valence-corrected chi connectivity index (χ0v) is 12.5. The van der Waals surface area contributed by atoms with Gasteiger partial charge in [0.05, 0.1) is 10.6 Å².